The van der Waals surface area contributed by atoms with E-state index in [4.69, 9.17) is 11.6 Å². The molecular formula is C15H20ClNS. The second-order valence-electron chi connectivity index (χ2n) is 5.80. The molecule has 2 atom stereocenters. The molecular weight excluding hydrogens is 262 g/mol. The standard InChI is InChI=1S/C15H20ClNS/c1-15(5-2-6-18-15)10-17-14-8-11-3-4-13(16)7-12(11)9-14/h3-4,7,14,17H,2,5-6,8-10H2,1H3. The van der Waals surface area contributed by atoms with Crippen LogP contribution in [0.15, 0.2) is 18.2 Å². The van der Waals surface area contributed by atoms with E-state index in [1.54, 1.807) is 0 Å². The number of hydrogen-bond donors (Lipinski definition) is 1. The molecule has 0 amide bonds. The van der Waals surface area contributed by atoms with Gasteiger partial charge < -0.3 is 5.32 Å². The normalized spacial score (nSPS) is 30.7. The Morgan fingerprint density at radius 3 is 3.00 bits per heavy atom. The lowest BCUT2D eigenvalue weighted by atomic mass is 10.0. The van der Waals surface area contributed by atoms with Gasteiger partial charge in [0.2, 0.25) is 0 Å². The fraction of sp³-hybridized carbons (Fsp3) is 0.600. The zero-order valence-corrected chi connectivity index (χ0v) is 12.4. The number of fused-ring (bicyclic) bond motifs is 1. The van der Waals surface area contributed by atoms with Crippen LogP contribution in [0.4, 0.5) is 0 Å². The van der Waals surface area contributed by atoms with Crippen molar-refractivity contribution >= 4 is 23.4 Å². The molecule has 1 aromatic rings. The molecule has 98 valence electrons. The maximum atomic E-state index is 6.05. The Kier molecular flexibility index (Phi) is 3.61. The van der Waals surface area contributed by atoms with Gasteiger partial charge in [-0.1, -0.05) is 17.7 Å². The van der Waals surface area contributed by atoms with Crippen LogP contribution >= 0.6 is 23.4 Å². The summed E-state index contributed by atoms with van der Waals surface area (Å²) in [5.41, 5.74) is 2.91. The number of nitrogens with one attached hydrogen (secondary N) is 1. The molecule has 18 heavy (non-hydrogen) atoms. The minimum atomic E-state index is 0.465. The summed E-state index contributed by atoms with van der Waals surface area (Å²) in [6, 6.07) is 6.93. The Hall–Kier alpha value is -0.180. The molecule has 1 N–H and O–H groups in total. The van der Waals surface area contributed by atoms with Gasteiger partial charge in [0, 0.05) is 22.4 Å². The Bertz CT molecular complexity index is 440. The van der Waals surface area contributed by atoms with Crippen LogP contribution in [0.5, 0.6) is 0 Å². The predicted molar refractivity (Wildman–Crippen MR) is 80.7 cm³/mol. The summed E-state index contributed by atoms with van der Waals surface area (Å²) in [5, 5.41) is 4.63. The van der Waals surface area contributed by atoms with E-state index in [0.717, 1.165) is 24.4 Å². The van der Waals surface area contributed by atoms with Gasteiger partial charge in [-0.2, -0.15) is 11.8 Å². The van der Waals surface area contributed by atoms with Crippen molar-refractivity contribution in [3.63, 3.8) is 0 Å². The van der Waals surface area contributed by atoms with Gasteiger partial charge in [-0.25, -0.2) is 0 Å². The lowest BCUT2D eigenvalue weighted by Gasteiger charge is -2.25. The van der Waals surface area contributed by atoms with E-state index < -0.39 is 0 Å². The van der Waals surface area contributed by atoms with Crippen molar-refractivity contribution in [1.29, 1.82) is 0 Å². The Labute approximate surface area is 119 Å². The van der Waals surface area contributed by atoms with E-state index >= 15 is 0 Å². The molecule has 1 heterocycles. The van der Waals surface area contributed by atoms with Gasteiger partial charge in [0.25, 0.3) is 0 Å². The maximum Gasteiger partial charge on any atom is 0.0408 e. The predicted octanol–water partition coefficient (Wildman–Crippen LogP) is 3.68. The first-order valence-corrected chi connectivity index (χ1v) is 8.16. The van der Waals surface area contributed by atoms with Gasteiger partial charge >= 0.3 is 0 Å². The van der Waals surface area contributed by atoms with Gasteiger partial charge in [-0.15, -0.1) is 0 Å². The second kappa shape index (κ2) is 5.07. The summed E-state index contributed by atoms with van der Waals surface area (Å²) < 4.78 is 0.465. The van der Waals surface area contributed by atoms with Crippen LogP contribution in [-0.4, -0.2) is 23.1 Å². The first kappa shape index (κ1) is 12.8. The van der Waals surface area contributed by atoms with E-state index in [2.05, 4.69) is 36.1 Å². The molecule has 3 rings (SSSR count). The summed E-state index contributed by atoms with van der Waals surface area (Å²) in [6.45, 7) is 3.54. The molecule has 2 unspecified atom stereocenters. The van der Waals surface area contributed by atoms with Crippen LogP contribution in [0, 0.1) is 0 Å². The van der Waals surface area contributed by atoms with Crippen molar-refractivity contribution in [2.24, 2.45) is 0 Å². The fourth-order valence-electron chi connectivity index (χ4n) is 3.07. The van der Waals surface area contributed by atoms with Crippen LogP contribution in [0.2, 0.25) is 5.02 Å². The van der Waals surface area contributed by atoms with Crippen molar-refractivity contribution in [3.8, 4) is 0 Å². The number of rotatable bonds is 3. The number of thioether (sulfide) groups is 1. The third kappa shape index (κ3) is 2.71. The van der Waals surface area contributed by atoms with Crippen LogP contribution in [-0.2, 0) is 12.8 Å². The molecule has 0 saturated carbocycles. The SMILES string of the molecule is CC1(CNC2Cc3ccc(Cl)cc3C2)CCCS1. The van der Waals surface area contributed by atoms with Gasteiger partial charge in [0.1, 0.15) is 0 Å². The summed E-state index contributed by atoms with van der Waals surface area (Å²) in [5.74, 6) is 1.33. The van der Waals surface area contributed by atoms with Crippen molar-refractivity contribution < 1.29 is 0 Å². The molecule has 0 spiro atoms. The highest BCUT2D eigenvalue weighted by atomic mass is 35.5. The molecule has 1 nitrogen and oxygen atoms in total. The Balaban J connectivity index is 1.58. The Morgan fingerprint density at radius 2 is 2.22 bits per heavy atom. The third-order valence-electron chi connectivity index (χ3n) is 4.17. The van der Waals surface area contributed by atoms with Crippen molar-refractivity contribution in [3.05, 3.63) is 34.3 Å². The molecule has 2 aliphatic rings. The van der Waals surface area contributed by atoms with E-state index in [9.17, 15) is 0 Å². The monoisotopic (exact) mass is 281 g/mol. The third-order valence-corrected chi connectivity index (χ3v) is 5.94. The van der Waals surface area contributed by atoms with Crippen molar-refractivity contribution in [2.75, 3.05) is 12.3 Å². The van der Waals surface area contributed by atoms with E-state index in [1.807, 2.05) is 6.07 Å². The maximum absolute atomic E-state index is 6.05. The molecule has 0 radical (unpaired) electrons. The van der Waals surface area contributed by atoms with Crippen LogP contribution in [0.3, 0.4) is 0 Å². The molecule has 1 saturated heterocycles. The smallest absolute Gasteiger partial charge is 0.0408 e. The first-order chi connectivity index (χ1) is 8.65. The highest BCUT2D eigenvalue weighted by Gasteiger charge is 2.31. The highest BCUT2D eigenvalue weighted by molar-refractivity contribution is 8.00. The van der Waals surface area contributed by atoms with E-state index in [0.29, 0.717) is 10.8 Å². The topological polar surface area (TPSA) is 12.0 Å². The van der Waals surface area contributed by atoms with E-state index in [-0.39, 0.29) is 0 Å². The molecule has 3 heteroatoms. The van der Waals surface area contributed by atoms with Crippen LogP contribution in [0.1, 0.15) is 30.9 Å². The molecule has 1 aromatic carbocycles. The average Bonchev–Trinajstić information content (AvgIpc) is 2.93. The molecule has 0 bridgehead atoms. The number of halogens is 1. The molecule has 1 aliphatic heterocycles. The van der Waals surface area contributed by atoms with Gasteiger partial charge in [0.15, 0.2) is 0 Å². The minimum absolute atomic E-state index is 0.465. The Morgan fingerprint density at radius 1 is 1.39 bits per heavy atom. The summed E-state index contributed by atoms with van der Waals surface area (Å²) in [7, 11) is 0. The highest BCUT2D eigenvalue weighted by Crippen LogP contribution is 2.37. The van der Waals surface area contributed by atoms with Crippen molar-refractivity contribution in [1.82, 2.24) is 5.32 Å². The van der Waals surface area contributed by atoms with Crippen LogP contribution < -0.4 is 5.32 Å². The zero-order chi connectivity index (χ0) is 12.6. The lowest BCUT2D eigenvalue weighted by Crippen LogP contribution is -2.39. The molecule has 1 fully saturated rings. The first-order valence-electron chi connectivity index (χ1n) is 6.79. The minimum Gasteiger partial charge on any atom is -0.312 e. The van der Waals surface area contributed by atoms with E-state index in [1.165, 1.54) is 29.7 Å². The number of benzene rings is 1. The van der Waals surface area contributed by atoms with Gasteiger partial charge in [-0.3, -0.25) is 0 Å². The number of hydrogen-bond acceptors (Lipinski definition) is 2. The zero-order valence-electron chi connectivity index (χ0n) is 10.8. The summed E-state index contributed by atoms with van der Waals surface area (Å²) in [6.07, 6.45) is 5.03. The average molecular weight is 282 g/mol. The quantitative estimate of drug-likeness (QED) is 0.907. The lowest BCUT2D eigenvalue weighted by molar-refractivity contribution is 0.470. The second-order valence-corrected chi connectivity index (χ2v) is 7.92. The van der Waals surface area contributed by atoms with Gasteiger partial charge in [0.05, 0.1) is 0 Å². The van der Waals surface area contributed by atoms with Crippen LogP contribution in [0.25, 0.3) is 0 Å². The molecule has 0 aromatic heterocycles. The molecule has 1 aliphatic carbocycles. The van der Waals surface area contributed by atoms with Crippen molar-refractivity contribution in [2.45, 2.75) is 43.4 Å². The largest absolute Gasteiger partial charge is 0.312 e. The summed E-state index contributed by atoms with van der Waals surface area (Å²) >= 11 is 8.18. The van der Waals surface area contributed by atoms with Gasteiger partial charge in [-0.05, 0) is 61.6 Å². The summed E-state index contributed by atoms with van der Waals surface area (Å²) in [4.78, 5) is 0. The fourth-order valence-corrected chi connectivity index (χ4v) is 4.52.